The Bertz CT molecular complexity index is 697. The summed E-state index contributed by atoms with van der Waals surface area (Å²) in [5.41, 5.74) is 2.62. The van der Waals surface area contributed by atoms with Crippen molar-refractivity contribution in [2.24, 2.45) is 0 Å². The monoisotopic (exact) mass is 294 g/mol. The fourth-order valence-electron chi connectivity index (χ4n) is 2.09. The second-order valence-electron chi connectivity index (χ2n) is 4.92. The molecule has 3 nitrogen and oxygen atoms in total. The molecule has 0 aliphatic heterocycles. The zero-order chi connectivity index (χ0) is 15.9. The lowest BCUT2D eigenvalue weighted by molar-refractivity contribution is -0.104. The average molecular weight is 294 g/mol. The Morgan fingerprint density at radius 2 is 1.95 bits per heavy atom. The maximum absolute atomic E-state index is 10.4. The zero-order valence-electron chi connectivity index (χ0n) is 12.5. The van der Waals surface area contributed by atoms with Crippen LogP contribution in [0.2, 0.25) is 0 Å². The van der Waals surface area contributed by atoms with Crippen molar-refractivity contribution in [1.82, 2.24) is 0 Å². The van der Waals surface area contributed by atoms with Crippen LogP contribution < -0.4 is 4.74 Å². The van der Waals surface area contributed by atoms with Crippen molar-refractivity contribution in [3.63, 3.8) is 0 Å². The van der Waals surface area contributed by atoms with Gasteiger partial charge in [-0.15, -0.1) is 6.58 Å². The number of phenolic OH excluding ortho intramolecular Hbond substituents is 1. The molecule has 0 saturated heterocycles. The Hall–Kier alpha value is -2.81. The highest BCUT2D eigenvalue weighted by atomic mass is 16.5. The highest BCUT2D eigenvalue weighted by Gasteiger charge is 2.08. The molecular formula is C19H18O3. The number of hydrogen-bond donors (Lipinski definition) is 1. The van der Waals surface area contributed by atoms with E-state index in [4.69, 9.17) is 4.74 Å². The van der Waals surface area contributed by atoms with E-state index in [0.717, 1.165) is 17.5 Å². The first kappa shape index (κ1) is 15.6. The minimum Gasteiger partial charge on any atom is -0.504 e. The summed E-state index contributed by atoms with van der Waals surface area (Å²) in [6.07, 6.45) is 6.42. The predicted octanol–water partition coefficient (Wildman–Crippen LogP) is 4.43. The molecule has 0 spiro atoms. The van der Waals surface area contributed by atoms with Crippen LogP contribution in [0.15, 0.2) is 55.1 Å². The molecule has 112 valence electrons. The van der Waals surface area contributed by atoms with Gasteiger partial charge in [0.05, 0.1) is 0 Å². The lowest BCUT2D eigenvalue weighted by atomic mass is 10.1. The van der Waals surface area contributed by atoms with Crippen molar-refractivity contribution in [3.05, 3.63) is 71.8 Å². The van der Waals surface area contributed by atoms with Crippen LogP contribution in [-0.4, -0.2) is 11.4 Å². The molecule has 0 saturated carbocycles. The van der Waals surface area contributed by atoms with Crippen molar-refractivity contribution in [3.8, 4) is 17.2 Å². The number of ether oxygens (including phenoxy) is 1. The Labute approximate surface area is 130 Å². The fourth-order valence-corrected chi connectivity index (χ4v) is 2.09. The number of hydrogen-bond acceptors (Lipinski definition) is 3. The van der Waals surface area contributed by atoms with Gasteiger partial charge in [-0.2, -0.15) is 0 Å². The maximum Gasteiger partial charge on any atom is 0.169 e. The molecule has 1 N–H and O–H groups in total. The molecule has 0 fully saturated rings. The molecule has 0 unspecified atom stereocenters. The van der Waals surface area contributed by atoms with Gasteiger partial charge in [0.1, 0.15) is 12.0 Å². The predicted molar refractivity (Wildman–Crippen MR) is 88.4 cm³/mol. The van der Waals surface area contributed by atoms with Crippen LogP contribution in [-0.2, 0) is 11.2 Å². The summed E-state index contributed by atoms with van der Waals surface area (Å²) in [6, 6.07) is 11.1. The Kier molecular flexibility index (Phi) is 5.15. The van der Waals surface area contributed by atoms with Gasteiger partial charge in [0, 0.05) is 0 Å². The molecule has 0 aromatic heterocycles. The van der Waals surface area contributed by atoms with Crippen molar-refractivity contribution < 1.29 is 14.6 Å². The van der Waals surface area contributed by atoms with Gasteiger partial charge in [0.25, 0.3) is 0 Å². The number of phenols is 1. The van der Waals surface area contributed by atoms with Crippen LogP contribution in [0.3, 0.4) is 0 Å². The third-order valence-corrected chi connectivity index (χ3v) is 3.19. The largest absolute Gasteiger partial charge is 0.504 e. The number of benzene rings is 2. The molecule has 22 heavy (non-hydrogen) atoms. The quantitative estimate of drug-likeness (QED) is 0.487. The summed E-state index contributed by atoms with van der Waals surface area (Å²) >= 11 is 0. The van der Waals surface area contributed by atoms with Crippen LogP contribution in [0.5, 0.6) is 17.2 Å². The Morgan fingerprint density at radius 3 is 2.59 bits per heavy atom. The molecule has 0 bridgehead atoms. The summed E-state index contributed by atoms with van der Waals surface area (Å²) < 4.78 is 5.75. The second kappa shape index (κ2) is 7.27. The standard InChI is InChI=1S/C19H18O3/c1-3-5-15-7-9-17(10-8-15)22-18-13-16(6-4-11-20)12-14(2)19(18)21/h3-4,6-13,21H,1,5H2,2H3/b6-4+. The third kappa shape index (κ3) is 3.85. The van der Waals surface area contributed by atoms with Gasteiger partial charge < -0.3 is 9.84 Å². The maximum atomic E-state index is 10.4. The summed E-state index contributed by atoms with van der Waals surface area (Å²) in [4.78, 5) is 10.4. The Balaban J connectivity index is 2.27. The van der Waals surface area contributed by atoms with Gasteiger partial charge in [-0.1, -0.05) is 24.3 Å². The number of rotatable bonds is 6. The van der Waals surface area contributed by atoms with Crippen LogP contribution in [0.1, 0.15) is 16.7 Å². The van der Waals surface area contributed by atoms with E-state index < -0.39 is 0 Å². The van der Waals surface area contributed by atoms with Crippen molar-refractivity contribution >= 4 is 12.4 Å². The molecule has 0 heterocycles. The third-order valence-electron chi connectivity index (χ3n) is 3.19. The SMILES string of the molecule is C=CCc1ccc(Oc2cc(/C=C/C=O)cc(C)c2O)cc1. The molecule has 0 aliphatic rings. The minimum atomic E-state index is 0.0958. The van der Waals surface area contributed by atoms with Crippen LogP contribution >= 0.6 is 0 Å². The fraction of sp³-hybridized carbons (Fsp3) is 0.105. The smallest absolute Gasteiger partial charge is 0.169 e. The van der Waals surface area contributed by atoms with Gasteiger partial charge in [-0.05, 0) is 60.4 Å². The van der Waals surface area contributed by atoms with Gasteiger partial charge >= 0.3 is 0 Å². The number of allylic oxidation sites excluding steroid dienone is 2. The molecule has 2 rings (SSSR count). The average Bonchev–Trinajstić information content (AvgIpc) is 2.52. The first-order chi connectivity index (χ1) is 10.6. The van der Waals surface area contributed by atoms with Gasteiger partial charge in [0.15, 0.2) is 11.5 Å². The number of carbonyl (C=O) groups is 1. The molecule has 2 aromatic rings. The van der Waals surface area contributed by atoms with Gasteiger partial charge in [-0.25, -0.2) is 0 Å². The van der Waals surface area contributed by atoms with E-state index >= 15 is 0 Å². The summed E-state index contributed by atoms with van der Waals surface area (Å²) in [7, 11) is 0. The molecule has 0 atom stereocenters. The summed E-state index contributed by atoms with van der Waals surface area (Å²) in [6.45, 7) is 5.49. The first-order valence-corrected chi connectivity index (χ1v) is 6.97. The van der Waals surface area contributed by atoms with E-state index in [2.05, 4.69) is 6.58 Å². The highest BCUT2D eigenvalue weighted by molar-refractivity contribution is 5.74. The van der Waals surface area contributed by atoms with Crippen molar-refractivity contribution in [2.45, 2.75) is 13.3 Å². The van der Waals surface area contributed by atoms with E-state index in [1.54, 1.807) is 25.1 Å². The van der Waals surface area contributed by atoms with Crippen LogP contribution in [0.4, 0.5) is 0 Å². The molecule has 0 radical (unpaired) electrons. The van der Waals surface area contributed by atoms with E-state index in [0.29, 0.717) is 23.3 Å². The molecule has 0 amide bonds. The topological polar surface area (TPSA) is 46.5 Å². The molecule has 2 aromatic carbocycles. The number of carbonyl (C=O) groups excluding carboxylic acids is 1. The van der Waals surface area contributed by atoms with Crippen LogP contribution in [0.25, 0.3) is 6.08 Å². The molecule has 0 aliphatic carbocycles. The zero-order valence-corrected chi connectivity index (χ0v) is 12.5. The number of aldehydes is 1. The summed E-state index contributed by atoms with van der Waals surface area (Å²) in [5, 5.41) is 10.1. The van der Waals surface area contributed by atoms with Gasteiger partial charge in [0.2, 0.25) is 0 Å². The van der Waals surface area contributed by atoms with E-state index in [1.165, 1.54) is 6.08 Å². The normalized spacial score (nSPS) is 10.6. The lowest BCUT2D eigenvalue weighted by Crippen LogP contribution is -1.89. The van der Waals surface area contributed by atoms with Crippen molar-refractivity contribution in [2.75, 3.05) is 0 Å². The van der Waals surface area contributed by atoms with E-state index in [1.807, 2.05) is 30.3 Å². The van der Waals surface area contributed by atoms with E-state index in [-0.39, 0.29) is 5.75 Å². The molecule has 3 heteroatoms. The van der Waals surface area contributed by atoms with Crippen molar-refractivity contribution in [1.29, 1.82) is 0 Å². The second-order valence-corrected chi connectivity index (χ2v) is 4.92. The van der Waals surface area contributed by atoms with Gasteiger partial charge in [-0.3, -0.25) is 4.79 Å². The summed E-state index contributed by atoms with van der Waals surface area (Å²) in [5.74, 6) is 1.10. The first-order valence-electron chi connectivity index (χ1n) is 6.97. The minimum absolute atomic E-state index is 0.0958. The number of aromatic hydroxyl groups is 1. The van der Waals surface area contributed by atoms with Crippen LogP contribution in [0, 0.1) is 6.92 Å². The Morgan fingerprint density at radius 1 is 1.23 bits per heavy atom. The van der Waals surface area contributed by atoms with E-state index in [9.17, 15) is 9.90 Å². The molecular weight excluding hydrogens is 276 g/mol. The lowest BCUT2D eigenvalue weighted by Gasteiger charge is -2.11. The highest BCUT2D eigenvalue weighted by Crippen LogP contribution is 2.35. The number of aryl methyl sites for hydroxylation is 1.